The van der Waals surface area contributed by atoms with Crippen LogP contribution in [0.3, 0.4) is 0 Å². The summed E-state index contributed by atoms with van der Waals surface area (Å²) < 4.78 is 9.79. The second-order valence-corrected chi connectivity index (χ2v) is 7.78. The van der Waals surface area contributed by atoms with Crippen LogP contribution >= 0.6 is 0 Å². The van der Waals surface area contributed by atoms with Gasteiger partial charge in [0.05, 0.1) is 13.7 Å². The summed E-state index contributed by atoms with van der Waals surface area (Å²) in [7, 11) is 1.45. The number of aromatic nitrogens is 1. The summed E-state index contributed by atoms with van der Waals surface area (Å²) in [5, 5.41) is 7.58. The van der Waals surface area contributed by atoms with E-state index in [1.54, 1.807) is 6.92 Å². The van der Waals surface area contributed by atoms with E-state index in [1.165, 1.54) is 7.11 Å². The maximum absolute atomic E-state index is 11.5. The summed E-state index contributed by atoms with van der Waals surface area (Å²) in [6.45, 7) is 6.18. The number of aliphatic imine (C=N–C) groups is 1. The first kappa shape index (κ1) is 26.0. The minimum Gasteiger partial charge on any atom is -0.469 e. The van der Waals surface area contributed by atoms with Crippen molar-refractivity contribution in [3.63, 3.8) is 0 Å². The summed E-state index contributed by atoms with van der Waals surface area (Å²) in [6, 6.07) is 11.7. The van der Waals surface area contributed by atoms with Crippen molar-refractivity contribution in [3.05, 3.63) is 53.9 Å². The Balaban J connectivity index is 0.00000187. The van der Waals surface area contributed by atoms with E-state index in [1.807, 2.05) is 44.3 Å². The molecule has 7 nitrogen and oxygen atoms in total. The largest absolute Gasteiger partial charge is 0.469 e. The number of nitrogens with two attached hydrogens (primary N) is 1. The average Bonchev–Trinajstić information content (AvgIpc) is 2.86. The second-order valence-electron chi connectivity index (χ2n) is 7.78. The highest BCUT2D eigenvalue weighted by Gasteiger charge is 2.25. The molecule has 33 heavy (non-hydrogen) atoms. The van der Waals surface area contributed by atoms with Crippen LogP contribution in [0.25, 0.3) is 11.1 Å². The average molecular weight is 453 g/mol. The van der Waals surface area contributed by atoms with Gasteiger partial charge in [-0.2, -0.15) is 4.99 Å². The van der Waals surface area contributed by atoms with Crippen molar-refractivity contribution in [2.45, 2.75) is 58.8 Å². The van der Waals surface area contributed by atoms with Crippen LogP contribution in [0.1, 0.15) is 70.1 Å². The standard InChI is InChI=1S/C24H30N4O3.C2H6/c1-3-31-24(26)28-23(25)19-10-8-17(9-11-19)20-12-13-21(27-15-20)18-6-4-16(5-7-18)14-22(29)30-2;1-2/h8-13,15-16,18H,3-7,14H2,1-2H3,(H3,25,26,28);1-2H3. The number of pyridine rings is 1. The van der Waals surface area contributed by atoms with Gasteiger partial charge in [0, 0.05) is 35.4 Å². The molecule has 0 bridgehead atoms. The molecule has 0 atom stereocenters. The molecule has 1 aliphatic carbocycles. The topological polar surface area (TPSA) is 111 Å². The van der Waals surface area contributed by atoms with E-state index in [2.05, 4.69) is 17.1 Å². The highest BCUT2D eigenvalue weighted by Crippen LogP contribution is 2.36. The normalized spacial score (nSPS) is 18.0. The van der Waals surface area contributed by atoms with E-state index < -0.39 is 0 Å². The predicted molar refractivity (Wildman–Crippen MR) is 132 cm³/mol. The summed E-state index contributed by atoms with van der Waals surface area (Å²) in [5.74, 6) is 1.01. The number of carbonyl (C=O) groups excluding carboxylic acids is 1. The van der Waals surface area contributed by atoms with Crippen molar-refractivity contribution in [2.24, 2.45) is 16.6 Å². The third-order valence-electron chi connectivity index (χ3n) is 5.75. The van der Waals surface area contributed by atoms with Crippen LogP contribution in [0.5, 0.6) is 0 Å². The van der Waals surface area contributed by atoms with Crippen LogP contribution in [0, 0.1) is 11.3 Å². The number of hydrogen-bond acceptors (Lipinski definition) is 5. The Morgan fingerprint density at radius 2 is 1.73 bits per heavy atom. The highest BCUT2D eigenvalue weighted by molar-refractivity contribution is 6.03. The van der Waals surface area contributed by atoms with Crippen molar-refractivity contribution in [1.29, 1.82) is 5.41 Å². The van der Waals surface area contributed by atoms with Gasteiger partial charge in [0.1, 0.15) is 5.84 Å². The molecule has 178 valence electrons. The molecule has 0 radical (unpaired) electrons. The van der Waals surface area contributed by atoms with Crippen molar-refractivity contribution >= 4 is 17.8 Å². The zero-order valence-electron chi connectivity index (χ0n) is 20.1. The molecule has 0 aliphatic heterocycles. The van der Waals surface area contributed by atoms with E-state index in [-0.39, 0.29) is 17.8 Å². The summed E-state index contributed by atoms with van der Waals surface area (Å²) in [5.41, 5.74) is 9.88. The number of nitrogens with one attached hydrogen (secondary N) is 1. The Morgan fingerprint density at radius 3 is 2.27 bits per heavy atom. The van der Waals surface area contributed by atoms with Crippen molar-refractivity contribution in [3.8, 4) is 11.1 Å². The first-order valence-electron chi connectivity index (χ1n) is 11.7. The first-order chi connectivity index (χ1) is 16.0. The molecule has 0 saturated heterocycles. The van der Waals surface area contributed by atoms with Gasteiger partial charge < -0.3 is 15.2 Å². The number of carbonyl (C=O) groups is 1. The maximum Gasteiger partial charge on any atom is 0.310 e. The third-order valence-corrected chi connectivity index (χ3v) is 5.75. The number of esters is 1. The van der Waals surface area contributed by atoms with E-state index in [4.69, 9.17) is 25.6 Å². The van der Waals surface area contributed by atoms with Crippen molar-refractivity contribution < 1.29 is 14.3 Å². The molecule has 0 spiro atoms. The lowest BCUT2D eigenvalue weighted by Crippen LogP contribution is -2.17. The van der Waals surface area contributed by atoms with Crippen LogP contribution in [0.4, 0.5) is 0 Å². The molecule has 1 fully saturated rings. The fourth-order valence-electron chi connectivity index (χ4n) is 3.98. The van der Waals surface area contributed by atoms with Crippen molar-refractivity contribution in [2.75, 3.05) is 13.7 Å². The highest BCUT2D eigenvalue weighted by atomic mass is 16.5. The van der Waals surface area contributed by atoms with Gasteiger partial charge in [0.25, 0.3) is 0 Å². The number of amidine groups is 2. The minimum atomic E-state index is -0.191. The monoisotopic (exact) mass is 452 g/mol. The fourth-order valence-corrected chi connectivity index (χ4v) is 3.98. The number of methoxy groups -OCH3 is 1. The first-order valence-corrected chi connectivity index (χ1v) is 11.7. The number of hydrogen-bond donors (Lipinski definition) is 2. The molecule has 1 aliphatic rings. The number of benzene rings is 1. The Kier molecular flexibility index (Phi) is 10.5. The lowest BCUT2D eigenvalue weighted by molar-refractivity contribution is -0.142. The molecule has 1 aromatic heterocycles. The molecule has 0 unspecified atom stereocenters. The van der Waals surface area contributed by atoms with Crippen molar-refractivity contribution in [1.82, 2.24) is 4.98 Å². The van der Waals surface area contributed by atoms with Gasteiger partial charge in [-0.1, -0.05) is 44.2 Å². The molecule has 3 rings (SSSR count). The summed E-state index contributed by atoms with van der Waals surface area (Å²) in [4.78, 5) is 20.1. The summed E-state index contributed by atoms with van der Waals surface area (Å²) in [6.07, 6.45) is 6.61. The number of ether oxygens (including phenoxy) is 2. The predicted octanol–water partition coefficient (Wildman–Crippen LogP) is 5.29. The van der Waals surface area contributed by atoms with Crippen LogP contribution in [-0.4, -0.2) is 36.5 Å². The lowest BCUT2D eigenvalue weighted by atomic mass is 9.79. The van der Waals surface area contributed by atoms with Gasteiger partial charge in [0.15, 0.2) is 0 Å². The van der Waals surface area contributed by atoms with Crippen LogP contribution in [0.15, 0.2) is 47.6 Å². The van der Waals surface area contributed by atoms with Gasteiger partial charge >= 0.3 is 12.0 Å². The molecule has 1 heterocycles. The van der Waals surface area contributed by atoms with E-state index in [0.29, 0.717) is 24.9 Å². The van der Waals surface area contributed by atoms with E-state index >= 15 is 0 Å². The Labute approximate surface area is 196 Å². The minimum absolute atomic E-state index is 0.113. The van der Waals surface area contributed by atoms with Crippen LogP contribution in [0.2, 0.25) is 0 Å². The maximum atomic E-state index is 11.5. The lowest BCUT2D eigenvalue weighted by Gasteiger charge is -2.27. The molecular weight excluding hydrogens is 416 g/mol. The molecule has 3 N–H and O–H groups in total. The summed E-state index contributed by atoms with van der Waals surface area (Å²) >= 11 is 0. The van der Waals surface area contributed by atoms with Gasteiger partial charge in [0.2, 0.25) is 0 Å². The zero-order valence-corrected chi connectivity index (χ0v) is 20.1. The Hall–Kier alpha value is -3.22. The second kappa shape index (κ2) is 13.4. The molecule has 7 heteroatoms. The van der Waals surface area contributed by atoms with E-state index in [0.717, 1.165) is 48.1 Å². The number of nitrogens with zero attached hydrogens (tertiary/aromatic N) is 2. The van der Waals surface area contributed by atoms with E-state index in [9.17, 15) is 4.79 Å². The Bertz CT molecular complexity index is 916. The molecular formula is C26H36N4O3. The van der Waals surface area contributed by atoms with Gasteiger partial charge in [-0.15, -0.1) is 0 Å². The van der Waals surface area contributed by atoms with Crippen LogP contribution in [-0.2, 0) is 14.3 Å². The third kappa shape index (κ3) is 7.70. The molecule has 2 aromatic rings. The smallest absolute Gasteiger partial charge is 0.310 e. The zero-order chi connectivity index (χ0) is 24.2. The van der Waals surface area contributed by atoms with Gasteiger partial charge in [-0.3, -0.25) is 9.78 Å². The van der Waals surface area contributed by atoms with Crippen LogP contribution < -0.4 is 5.73 Å². The SMILES string of the molecule is CC.CCOC(=N)/N=C(\N)c1ccc(-c2ccc(C3CCC(CC(=O)OC)CC3)nc2)cc1. The fraction of sp³-hybridized carbons (Fsp3) is 0.462. The number of rotatable bonds is 6. The Morgan fingerprint density at radius 1 is 1.09 bits per heavy atom. The molecule has 1 saturated carbocycles. The van der Waals surface area contributed by atoms with Gasteiger partial charge in [-0.25, -0.2) is 5.41 Å². The molecule has 1 aromatic carbocycles. The van der Waals surface area contributed by atoms with Gasteiger partial charge in [-0.05, 0) is 50.2 Å². The quantitative estimate of drug-likeness (QED) is 0.351. The molecule has 0 amide bonds.